The standard InChI is InChI=1S/C13H17NO2/c1-9(14-11-3-4-11)6-10-2-5-12-13(7-10)16-8-15-12/h2,5,7,9,11,14H,3-4,6,8H2,1H3. The fourth-order valence-electron chi connectivity index (χ4n) is 2.13. The van der Waals surface area contributed by atoms with Gasteiger partial charge in [-0.05, 0) is 43.9 Å². The Kier molecular flexibility index (Phi) is 2.48. The molecular weight excluding hydrogens is 202 g/mol. The maximum atomic E-state index is 5.37. The molecule has 0 radical (unpaired) electrons. The van der Waals surface area contributed by atoms with Gasteiger partial charge in [-0.15, -0.1) is 0 Å². The molecule has 0 aromatic heterocycles. The van der Waals surface area contributed by atoms with Crippen LogP contribution in [0, 0.1) is 0 Å². The van der Waals surface area contributed by atoms with Crippen LogP contribution in [0.25, 0.3) is 0 Å². The minimum Gasteiger partial charge on any atom is -0.454 e. The monoisotopic (exact) mass is 219 g/mol. The number of hydrogen-bond donors (Lipinski definition) is 1. The molecule has 1 aromatic carbocycles. The van der Waals surface area contributed by atoms with Gasteiger partial charge in [0.15, 0.2) is 11.5 Å². The molecule has 16 heavy (non-hydrogen) atoms. The van der Waals surface area contributed by atoms with Crippen LogP contribution in [0.4, 0.5) is 0 Å². The zero-order valence-corrected chi connectivity index (χ0v) is 9.53. The lowest BCUT2D eigenvalue weighted by molar-refractivity contribution is 0.174. The Morgan fingerprint density at radius 3 is 2.94 bits per heavy atom. The predicted molar refractivity (Wildman–Crippen MR) is 61.9 cm³/mol. The van der Waals surface area contributed by atoms with Crippen molar-refractivity contribution in [1.82, 2.24) is 5.32 Å². The maximum Gasteiger partial charge on any atom is 0.231 e. The van der Waals surface area contributed by atoms with E-state index in [0.29, 0.717) is 12.8 Å². The summed E-state index contributed by atoms with van der Waals surface area (Å²) in [6.07, 6.45) is 3.73. The molecule has 3 nitrogen and oxygen atoms in total. The second-order valence-electron chi connectivity index (χ2n) is 4.73. The zero-order valence-electron chi connectivity index (χ0n) is 9.53. The lowest BCUT2D eigenvalue weighted by atomic mass is 10.1. The van der Waals surface area contributed by atoms with Crippen LogP contribution in [-0.2, 0) is 6.42 Å². The number of benzene rings is 1. The van der Waals surface area contributed by atoms with Crippen molar-refractivity contribution in [2.24, 2.45) is 0 Å². The molecule has 0 saturated heterocycles. The van der Waals surface area contributed by atoms with Crippen molar-refractivity contribution in [2.75, 3.05) is 6.79 Å². The molecule has 3 heteroatoms. The first-order chi connectivity index (χ1) is 7.81. The van der Waals surface area contributed by atoms with Gasteiger partial charge in [-0.25, -0.2) is 0 Å². The number of rotatable bonds is 4. The van der Waals surface area contributed by atoms with E-state index >= 15 is 0 Å². The van der Waals surface area contributed by atoms with Crippen LogP contribution in [0.1, 0.15) is 25.3 Å². The maximum absolute atomic E-state index is 5.37. The molecule has 86 valence electrons. The quantitative estimate of drug-likeness (QED) is 0.841. The smallest absolute Gasteiger partial charge is 0.231 e. The van der Waals surface area contributed by atoms with E-state index in [1.807, 2.05) is 6.07 Å². The van der Waals surface area contributed by atoms with Gasteiger partial charge in [-0.2, -0.15) is 0 Å². The largest absolute Gasteiger partial charge is 0.454 e. The molecule has 0 amide bonds. The van der Waals surface area contributed by atoms with Crippen molar-refractivity contribution in [1.29, 1.82) is 0 Å². The molecule has 0 bridgehead atoms. The zero-order chi connectivity index (χ0) is 11.0. The summed E-state index contributed by atoms with van der Waals surface area (Å²) in [5.41, 5.74) is 1.31. The van der Waals surface area contributed by atoms with Gasteiger partial charge in [-0.3, -0.25) is 0 Å². The van der Waals surface area contributed by atoms with Crippen LogP contribution in [0.3, 0.4) is 0 Å². The van der Waals surface area contributed by atoms with E-state index in [1.54, 1.807) is 0 Å². The number of hydrogen-bond acceptors (Lipinski definition) is 3. The van der Waals surface area contributed by atoms with Gasteiger partial charge in [-0.1, -0.05) is 6.07 Å². The van der Waals surface area contributed by atoms with E-state index in [2.05, 4.69) is 24.4 Å². The van der Waals surface area contributed by atoms with Crippen LogP contribution in [-0.4, -0.2) is 18.9 Å². The SMILES string of the molecule is CC(Cc1ccc2c(c1)OCO2)NC1CC1. The van der Waals surface area contributed by atoms with Crippen molar-refractivity contribution in [3.63, 3.8) is 0 Å². The van der Waals surface area contributed by atoms with E-state index in [9.17, 15) is 0 Å². The minimum atomic E-state index is 0.356. The van der Waals surface area contributed by atoms with E-state index in [1.165, 1.54) is 18.4 Å². The predicted octanol–water partition coefficient (Wildman–Crippen LogP) is 2.10. The number of ether oxygens (including phenoxy) is 2. The molecular formula is C13H17NO2. The second kappa shape index (κ2) is 3.98. The molecule has 1 saturated carbocycles. The average Bonchev–Trinajstić information content (AvgIpc) is 2.95. The van der Waals surface area contributed by atoms with Gasteiger partial charge >= 0.3 is 0 Å². The second-order valence-corrected chi connectivity index (χ2v) is 4.73. The van der Waals surface area contributed by atoms with Crippen molar-refractivity contribution >= 4 is 0 Å². The van der Waals surface area contributed by atoms with E-state index in [4.69, 9.17) is 9.47 Å². The molecule has 1 N–H and O–H groups in total. The molecule has 1 aliphatic carbocycles. The third kappa shape index (κ3) is 2.14. The van der Waals surface area contributed by atoms with Crippen molar-refractivity contribution in [3.8, 4) is 11.5 Å². The van der Waals surface area contributed by atoms with Gasteiger partial charge in [0.25, 0.3) is 0 Å². The first-order valence-corrected chi connectivity index (χ1v) is 5.96. The summed E-state index contributed by atoms with van der Waals surface area (Å²) in [5.74, 6) is 1.75. The third-order valence-corrected chi connectivity index (χ3v) is 3.08. The van der Waals surface area contributed by atoms with Crippen LogP contribution in [0.5, 0.6) is 11.5 Å². The van der Waals surface area contributed by atoms with E-state index in [0.717, 1.165) is 24.0 Å². The third-order valence-electron chi connectivity index (χ3n) is 3.08. The van der Waals surface area contributed by atoms with Gasteiger partial charge in [0.05, 0.1) is 0 Å². The molecule has 1 aromatic rings. The molecule has 3 rings (SSSR count). The van der Waals surface area contributed by atoms with E-state index in [-0.39, 0.29) is 0 Å². The lowest BCUT2D eigenvalue weighted by Gasteiger charge is -2.13. The normalized spacial score (nSPS) is 19.8. The van der Waals surface area contributed by atoms with Crippen LogP contribution in [0.2, 0.25) is 0 Å². The molecule has 2 aliphatic rings. The highest BCUT2D eigenvalue weighted by Gasteiger charge is 2.23. The highest BCUT2D eigenvalue weighted by atomic mass is 16.7. The van der Waals surface area contributed by atoms with Gasteiger partial charge in [0.1, 0.15) is 0 Å². The van der Waals surface area contributed by atoms with Gasteiger partial charge in [0.2, 0.25) is 6.79 Å². The molecule has 1 atom stereocenters. The fraction of sp³-hybridized carbons (Fsp3) is 0.538. The van der Waals surface area contributed by atoms with Crippen molar-refractivity contribution < 1.29 is 9.47 Å². The average molecular weight is 219 g/mol. The summed E-state index contributed by atoms with van der Waals surface area (Å²) in [4.78, 5) is 0. The van der Waals surface area contributed by atoms with Crippen molar-refractivity contribution in [3.05, 3.63) is 23.8 Å². The minimum absolute atomic E-state index is 0.356. The summed E-state index contributed by atoms with van der Waals surface area (Å²) in [5, 5.41) is 3.60. The molecule has 1 fully saturated rings. The summed E-state index contributed by atoms with van der Waals surface area (Å²) in [6, 6.07) is 7.52. The molecule has 0 spiro atoms. The topological polar surface area (TPSA) is 30.5 Å². The Morgan fingerprint density at radius 2 is 2.12 bits per heavy atom. The summed E-state index contributed by atoms with van der Waals surface area (Å²) in [6.45, 7) is 2.59. The number of fused-ring (bicyclic) bond motifs is 1. The first-order valence-electron chi connectivity index (χ1n) is 5.96. The molecule has 1 heterocycles. The number of nitrogens with one attached hydrogen (secondary N) is 1. The molecule has 1 unspecified atom stereocenters. The Hall–Kier alpha value is -1.22. The lowest BCUT2D eigenvalue weighted by Crippen LogP contribution is -2.29. The Balaban J connectivity index is 1.64. The highest BCUT2D eigenvalue weighted by molar-refractivity contribution is 5.44. The summed E-state index contributed by atoms with van der Waals surface area (Å²) in [7, 11) is 0. The van der Waals surface area contributed by atoms with Gasteiger partial charge in [0, 0.05) is 12.1 Å². The van der Waals surface area contributed by atoms with Crippen molar-refractivity contribution in [2.45, 2.75) is 38.3 Å². The molecule has 1 aliphatic heterocycles. The van der Waals surface area contributed by atoms with Gasteiger partial charge < -0.3 is 14.8 Å². The van der Waals surface area contributed by atoms with E-state index < -0.39 is 0 Å². The van der Waals surface area contributed by atoms with Crippen LogP contribution in [0.15, 0.2) is 18.2 Å². The summed E-state index contributed by atoms with van der Waals surface area (Å²) < 4.78 is 10.7. The summed E-state index contributed by atoms with van der Waals surface area (Å²) >= 11 is 0. The fourth-order valence-corrected chi connectivity index (χ4v) is 2.13. The Labute approximate surface area is 95.8 Å². The van der Waals surface area contributed by atoms with Crippen LogP contribution >= 0.6 is 0 Å². The first kappa shape index (κ1) is 9.97. The highest BCUT2D eigenvalue weighted by Crippen LogP contribution is 2.32. The Morgan fingerprint density at radius 1 is 1.31 bits per heavy atom. The van der Waals surface area contributed by atoms with Crippen LogP contribution < -0.4 is 14.8 Å². The Bertz CT molecular complexity index is 388.